The molecule has 0 unspecified atom stereocenters. The van der Waals surface area contributed by atoms with Crippen LogP contribution in [0, 0.1) is 0 Å². The number of methoxy groups -OCH3 is 1. The monoisotopic (exact) mass is 234 g/mol. The van der Waals surface area contributed by atoms with Crippen molar-refractivity contribution in [2.45, 2.75) is 0 Å². The summed E-state index contributed by atoms with van der Waals surface area (Å²) in [5.41, 5.74) is 6.31. The smallest absolute Gasteiger partial charge is 0.413 e. The number of rotatable bonds is 1. The van der Waals surface area contributed by atoms with Gasteiger partial charge < -0.3 is 10.5 Å². The second kappa shape index (κ2) is 4.12. The van der Waals surface area contributed by atoms with E-state index in [1.165, 1.54) is 7.11 Å². The zero-order chi connectivity index (χ0) is 12.4. The van der Waals surface area contributed by atoms with Crippen LogP contribution in [0.25, 0.3) is 11.0 Å². The van der Waals surface area contributed by atoms with Gasteiger partial charge in [-0.1, -0.05) is 12.1 Å². The fraction of sp³-hybridized carbons (Fsp3) is 0.100. The number of hydrogen-bond acceptors (Lipinski definition) is 4. The van der Waals surface area contributed by atoms with Gasteiger partial charge in [0, 0.05) is 0 Å². The van der Waals surface area contributed by atoms with Gasteiger partial charge in [-0.15, -0.1) is 0 Å². The SMILES string of the molecule is COC(=O)Nc1nc2ccccc2n1C(N)=O. The van der Waals surface area contributed by atoms with Crippen molar-refractivity contribution in [1.82, 2.24) is 9.55 Å². The molecule has 7 nitrogen and oxygen atoms in total. The average molecular weight is 234 g/mol. The van der Waals surface area contributed by atoms with Crippen LogP contribution in [0.4, 0.5) is 15.5 Å². The first-order chi connectivity index (χ1) is 8.13. The number of anilines is 1. The van der Waals surface area contributed by atoms with Crippen molar-refractivity contribution in [3.63, 3.8) is 0 Å². The van der Waals surface area contributed by atoms with Crippen molar-refractivity contribution < 1.29 is 14.3 Å². The number of benzene rings is 1. The standard InChI is InChI=1S/C10H10N4O3/c1-17-10(16)13-9-12-6-4-2-3-5-7(6)14(9)8(11)15/h2-5H,1H3,(H2,11,15)(H,12,13,16). The van der Waals surface area contributed by atoms with Crippen LogP contribution in [-0.2, 0) is 4.74 Å². The lowest BCUT2D eigenvalue weighted by Crippen LogP contribution is -2.23. The predicted octanol–water partition coefficient (Wildman–Crippen LogP) is 1.14. The highest BCUT2D eigenvalue weighted by atomic mass is 16.5. The van der Waals surface area contributed by atoms with Crippen LogP contribution in [0.15, 0.2) is 24.3 Å². The summed E-state index contributed by atoms with van der Waals surface area (Å²) >= 11 is 0. The number of carbonyl (C=O) groups is 2. The molecule has 0 spiro atoms. The van der Waals surface area contributed by atoms with E-state index >= 15 is 0 Å². The number of nitrogens with zero attached hydrogens (tertiary/aromatic N) is 2. The maximum Gasteiger partial charge on any atom is 0.413 e. The van der Waals surface area contributed by atoms with Crippen LogP contribution >= 0.6 is 0 Å². The maximum atomic E-state index is 11.3. The summed E-state index contributed by atoms with van der Waals surface area (Å²) in [4.78, 5) is 26.5. The third-order valence-electron chi connectivity index (χ3n) is 2.18. The Hall–Kier alpha value is -2.57. The van der Waals surface area contributed by atoms with E-state index in [4.69, 9.17) is 5.73 Å². The summed E-state index contributed by atoms with van der Waals surface area (Å²) in [6.07, 6.45) is -0.720. The van der Waals surface area contributed by atoms with E-state index in [-0.39, 0.29) is 5.95 Å². The maximum absolute atomic E-state index is 11.3. The van der Waals surface area contributed by atoms with Gasteiger partial charge in [0.2, 0.25) is 5.95 Å². The molecule has 0 aliphatic rings. The van der Waals surface area contributed by atoms with Crippen molar-refractivity contribution in [3.8, 4) is 0 Å². The number of nitrogens with one attached hydrogen (secondary N) is 1. The molecule has 0 aliphatic carbocycles. The number of nitrogens with two attached hydrogens (primary N) is 1. The van der Waals surface area contributed by atoms with Crippen molar-refractivity contribution in [2.24, 2.45) is 5.73 Å². The Kier molecular flexibility index (Phi) is 2.65. The lowest BCUT2D eigenvalue weighted by Gasteiger charge is -2.04. The van der Waals surface area contributed by atoms with Gasteiger partial charge >= 0.3 is 12.1 Å². The van der Waals surface area contributed by atoms with Crippen LogP contribution in [0.1, 0.15) is 0 Å². The molecule has 3 N–H and O–H groups in total. The molecular weight excluding hydrogens is 224 g/mol. The first-order valence-corrected chi connectivity index (χ1v) is 4.75. The third kappa shape index (κ3) is 1.89. The van der Waals surface area contributed by atoms with E-state index in [2.05, 4.69) is 15.0 Å². The van der Waals surface area contributed by atoms with E-state index in [0.29, 0.717) is 11.0 Å². The van der Waals surface area contributed by atoms with E-state index < -0.39 is 12.1 Å². The summed E-state index contributed by atoms with van der Waals surface area (Å²) in [7, 11) is 1.21. The molecule has 1 heterocycles. The number of ether oxygens (including phenoxy) is 1. The third-order valence-corrected chi connectivity index (χ3v) is 2.18. The Balaban J connectivity index is 2.57. The van der Waals surface area contributed by atoms with Crippen molar-refractivity contribution >= 4 is 29.1 Å². The Morgan fingerprint density at radius 2 is 2.12 bits per heavy atom. The molecule has 0 bridgehead atoms. The van der Waals surface area contributed by atoms with E-state index in [9.17, 15) is 9.59 Å². The fourth-order valence-electron chi connectivity index (χ4n) is 1.48. The van der Waals surface area contributed by atoms with Gasteiger partial charge in [0.05, 0.1) is 18.1 Å². The number of amides is 2. The van der Waals surface area contributed by atoms with E-state index in [1.807, 2.05) is 0 Å². The Morgan fingerprint density at radius 3 is 2.76 bits per heavy atom. The lowest BCUT2D eigenvalue weighted by atomic mass is 10.3. The zero-order valence-corrected chi connectivity index (χ0v) is 9.01. The van der Waals surface area contributed by atoms with Crippen LogP contribution in [0.2, 0.25) is 0 Å². The molecule has 0 saturated heterocycles. The molecule has 1 aromatic carbocycles. The molecule has 0 aliphatic heterocycles. The molecule has 2 aromatic rings. The molecule has 88 valence electrons. The lowest BCUT2D eigenvalue weighted by molar-refractivity contribution is 0.186. The van der Waals surface area contributed by atoms with Gasteiger partial charge in [-0.2, -0.15) is 0 Å². The van der Waals surface area contributed by atoms with Crippen LogP contribution in [0.5, 0.6) is 0 Å². The normalized spacial score (nSPS) is 10.2. The second-order valence-corrected chi connectivity index (χ2v) is 3.21. The first kappa shape index (κ1) is 10.9. The molecule has 2 amide bonds. The van der Waals surface area contributed by atoms with Gasteiger partial charge in [-0.05, 0) is 12.1 Å². The van der Waals surface area contributed by atoms with E-state index in [0.717, 1.165) is 4.57 Å². The average Bonchev–Trinajstić information content (AvgIpc) is 2.66. The van der Waals surface area contributed by atoms with Crippen LogP contribution < -0.4 is 11.1 Å². The van der Waals surface area contributed by atoms with E-state index in [1.54, 1.807) is 24.3 Å². The van der Waals surface area contributed by atoms with Crippen LogP contribution in [0.3, 0.4) is 0 Å². The Morgan fingerprint density at radius 1 is 1.41 bits per heavy atom. The summed E-state index contributed by atoms with van der Waals surface area (Å²) < 4.78 is 5.53. The molecular formula is C10H10N4O3. The number of para-hydroxylation sites is 2. The summed E-state index contributed by atoms with van der Waals surface area (Å²) in [6, 6.07) is 6.16. The fourth-order valence-corrected chi connectivity index (χ4v) is 1.48. The summed E-state index contributed by atoms with van der Waals surface area (Å²) in [5.74, 6) is 0.0329. The topological polar surface area (TPSA) is 99.2 Å². The molecule has 0 atom stereocenters. The molecule has 17 heavy (non-hydrogen) atoms. The number of fused-ring (bicyclic) bond motifs is 1. The Bertz CT molecular complexity index is 590. The molecule has 2 rings (SSSR count). The molecule has 0 saturated carbocycles. The minimum absolute atomic E-state index is 0.0329. The zero-order valence-electron chi connectivity index (χ0n) is 9.01. The van der Waals surface area contributed by atoms with Gasteiger partial charge in [0.15, 0.2) is 0 Å². The van der Waals surface area contributed by atoms with Gasteiger partial charge in [-0.3, -0.25) is 5.32 Å². The molecule has 0 radical (unpaired) electrons. The van der Waals surface area contributed by atoms with Gasteiger partial charge in [0.25, 0.3) is 0 Å². The largest absolute Gasteiger partial charge is 0.453 e. The summed E-state index contributed by atoms with van der Waals surface area (Å²) in [5, 5.41) is 2.32. The number of aromatic nitrogens is 2. The van der Waals surface area contributed by atoms with Crippen molar-refractivity contribution in [2.75, 3.05) is 12.4 Å². The van der Waals surface area contributed by atoms with Crippen molar-refractivity contribution in [1.29, 1.82) is 0 Å². The number of primary amides is 1. The van der Waals surface area contributed by atoms with Gasteiger partial charge in [-0.25, -0.2) is 19.1 Å². The first-order valence-electron chi connectivity index (χ1n) is 4.75. The minimum atomic E-state index is -0.731. The predicted molar refractivity (Wildman–Crippen MR) is 60.7 cm³/mol. The highest BCUT2D eigenvalue weighted by Gasteiger charge is 2.16. The number of carbonyl (C=O) groups excluding carboxylic acids is 2. The molecule has 7 heteroatoms. The van der Waals surface area contributed by atoms with Gasteiger partial charge in [0.1, 0.15) is 0 Å². The van der Waals surface area contributed by atoms with Crippen molar-refractivity contribution in [3.05, 3.63) is 24.3 Å². The quantitative estimate of drug-likeness (QED) is 0.772. The molecule has 0 fully saturated rings. The molecule has 1 aromatic heterocycles. The highest BCUT2D eigenvalue weighted by Crippen LogP contribution is 2.18. The Labute approximate surface area is 96.2 Å². The number of imidazole rings is 1. The van der Waals surface area contributed by atoms with Crippen LogP contribution in [-0.4, -0.2) is 28.8 Å². The minimum Gasteiger partial charge on any atom is -0.453 e. The second-order valence-electron chi connectivity index (χ2n) is 3.21. The summed E-state index contributed by atoms with van der Waals surface area (Å²) in [6.45, 7) is 0. The number of hydrogen-bond donors (Lipinski definition) is 2. The highest BCUT2D eigenvalue weighted by molar-refractivity contribution is 5.95.